The zero-order chi connectivity index (χ0) is 26.9. The molecule has 0 aliphatic rings. The van der Waals surface area contributed by atoms with E-state index < -0.39 is 21.1 Å². The van der Waals surface area contributed by atoms with E-state index in [1.807, 2.05) is 48.5 Å². The van der Waals surface area contributed by atoms with Crippen molar-refractivity contribution in [3.63, 3.8) is 0 Å². The molecule has 4 rings (SSSR count). The summed E-state index contributed by atoms with van der Waals surface area (Å²) in [6.45, 7) is 12.5. The van der Waals surface area contributed by atoms with E-state index in [1.165, 1.54) is 0 Å². The minimum absolute atomic E-state index is 0.233. The Morgan fingerprint density at radius 2 is 1.73 bits per heavy atom. The lowest BCUT2D eigenvalue weighted by atomic mass is 9.86. The lowest BCUT2D eigenvalue weighted by Crippen LogP contribution is -2.28. The van der Waals surface area contributed by atoms with Crippen LogP contribution in [0.5, 0.6) is 0 Å². The minimum atomic E-state index is -1.51. The number of carbonyl (C=O) groups is 1. The van der Waals surface area contributed by atoms with E-state index in [-0.39, 0.29) is 12.0 Å². The van der Waals surface area contributed by atoms with Crippen LogP contribution in [0.1, 0.15) is 49.9 Å². The van der Waals surface area contributed by atoms with Gasteiger partial charge in [0.1, 0.15) is 11.3 Å². The molecule has 2 heterocycles. The van der Waals surface area contributed by atoms with E-state index in [4.69, 9.17) is 42.4 Å². The monoisotopic (exact) mass is 555 g/mol. The van der Waals surface area contributed by atoms with Crippen molar-refractivity contribution in [2.45, 2.75) is 46.9 Å². The van der Waals surface area contributed by atoms with Crippen LogP contribution in [0.3, 0.4) is 0 Å². The van der Waals surface area contributed by atoms with Gasteiger partial charge in [-0.3, -0.25) is 0 Å². The molecule has 0 saturated heterocycles. The molecule has 0 fully saturated rings. The molecule has 6 nitrogen and oxygen atoms in total. The number of carbonyl (C=O) groups excluding carboxylic acids is 1. The largest absolute Gasteiger partial charge is 0.462 e. The van der Waals surface area contributed by atoms with E-state index in [1.54, 1.807) is 17.6 Å². The van der Waals surface area contributed by atoms with Gasteiger partial charge in [0.05, 0.1) is 18.4 Å². The Hall–Kier alpha value is -2.71. The van der Waals surface area contributed by atoms with Crippen molar-refractivity contribution in [2.24, 2.45) is 5.41 Å². The number of esters is 1. The summed E-state index contributed by atoms with van der Waals surface area (Å²) in [4.78, 5) is 18.1. The molecule has 2 aromatic heterocycles. The summed E-state index contributed by atoms with van der Waals surface area (Å²) < 4.78 is 13.7. The molecular formula is C28H31Cl2N3O3Si. The second-order valence-electron chi connectivity index (χ2n) is 10.2. The average molecular weight is 557 g/mol. The molecule has 0 aliphatic carbocycles. The highest BCUT2D eigenvalue weighted by Gasteiger charge is 2.37. The molecule has 0 spiro atoms. The van der Waals surface area contributed by atoms with Crippen molar-refractivity contribution in [2.75, 3.05) is 6.61 Å². The van der Waals surface area contributed by atoms with Crippen LogP contribution in [0.25, 0.3) is 28.0 Å². The Morgan fingerprint density at radius 1 is 1.05 bits per heavy atom. The highest BCUT2D eigenvalue weighted by atomic mass is 35.5. The van der Waals surface area contributed by atoms with Gasteiger partial charge in [-0.2, -0.15) is 5.10 Å². The predicted octanol–water partition coefficient (Wildman–Crippen LogP) is 7.63. The van der Waals surface area contributed by atoms with Crippen LogP contribution in [0, 0.1) is 5.41 Å². The molecule has 37 heavy (non-hydrogen) atoms. The van der Waals surface area contributed by atoms with Crippen molar-refractivity contribution in [1.29, 1.82) is 0 Å². The highest BCUT2D eigenvalue weighted by Crippen LogP contribution is 2.41. The number of halogens is 2. The van der Waals surface area contributed by atoms with Gasteiger partial charge < -0.3 is 9.16 Å². The van der Waals surface area contributed by atoms with Crippen LogP contribution >= 0.6 is 23.2 Å². The lowest BCUT2D eigenvalue weighted by Gasteiger charge is -2.31. The minimum Gasteiger partial charge on any atom is -0.462 e. The van der Waals surface area contributed by atoms with Gasteiger partial charge in [-0.15, -0.1) is 0 Å². The number of hydrogen-bond donors (Lipinski definition) is 0. The van der Waals surface area contributed by atoms with Gasteiger partial charge in [0.25, 0.3) is 0 Å². The predicted molar refractivity (Wildman–Crippen MR) is 152 cm³/mol. The summed E-state index contributed by atoms with van der Waals surface area (Å²) in [7, 11) is -1.51. The van der Waals surface area contributed by atoms with Crippen LogP contribution in [-0.2, 0) is 9.16 Å². The van der Waals surface area contributed by atoms with E-state index in [9.17, 15) is 4.79 Å². The van der Waals surface area contributed by atoms with Crippen molar-refractivity contribution >= 4 is 43.9 Å². The summed E-state index contributed by atoms with van der Waals surface area (Å²) in [6.07, 6.45) is 1.31. The van der Waals surface area contributed by atoms with Gasteiger partial charge in [0, 0.05) is 32.9 Å². The number of ether oxygens (including phenoxy) is 1. The van der Waals surface area contributed by atoms with E-state index >= 15 is 0 Å². The van der Waals surface area contributed by atoms with Crippen molar-refractivity contribution in [1.82, 2.24) is 14.6 Å². The fourth-order valence-corrected chi connectivity index (χ4v) is 5.74. The molecule has 0 radical (unpaired) electrons. The summed E-state index contributed by atoms with van der Waals surface area (Å²) in [5.74, 6) is -0.476. The molecule has 2 aromatic carbocycles. The van der Waals surface area contributed by atoms with Crippen LogP contribution in [-0.4, -0.2) is 36.2 Å². The average Bonchev–Trinajstić information content (AvgIpc) is 3.21. The smallest absolute Gasteiger partial charge is 0.344 e. The number of nitrogens with zero attached hydrogens (tertiary/aromatic N) is 3. The Balaban J connectivity index is 2.13. The number of fused-ring (bicyclic) bond motifs is 1. The molecule has 1 atom stereocenters. The van der Waals surface area contributed by atoms with Crippen molar-refractivity contribution in [3.05, 3.63) is 76.0 Å². The van der Waals surface area contributed by atoms with E-state index in [2.05, 4.69) is 33.9 Å². The van der Waals surface area contributed by atoms with Gasteiger partial charge >= 0.3 is 5.97 Å². The maximum Gasteiger partial charge on any atom is 0.344 e. The van der Waals surface area contributed by atoms with Crippen LogP contribution in [0.15, 0.2) is 54.7 Å². The summed E-state index contributed by atoms with van der Waals surface area (Å²) >= 11 is 12.8. The second kappa shape index (κ2) is 11.0. The third-order valence-corrected chi connectivity index (χ3v) is 7.27. The maximum atomic E-state index is 13.4. The first-order valence-electron chi connectivity index (χ1n) is 12.3. The first kappa shape index (κ1) is 27.3. The first-order chi connectivity index (χ1) is 17.5. The molecule has 9 heteroatoms. The highest BCUT2D eigenvalue weighted by molar-refractivity contribution is 6.48. The topological polar surface area (TPSA) is 65.7 Å². The quantitative estimate of drug-likeness (QED) is 0.173. The van der Waals surface area contributed by atoms with Gasteiger partial charge in [-0.25, -0.2) is 14.3 Å². The van der Waals surface area contributed by atoms with Crippen molar-refractivity contribution in [3.8, 4) is 22.4 Å². The molecule has 4 aromatic rings. The molecular weight excluding hydrogens is 525 g/mol. The SMILES string of the molecule is CCOC(=O)c1c(C(O[SiH](C)C)C(C)(C)C)nn2c(-c3ccc(Cl)cc3)c(-c3ccccc3Cl)cnc12. The molecule has 0 saturated carbocycles. The second-order valence-corrected chi connectivity index (χ2v) is 13.4. The standard InChI is InChI=1S/C28H31Cl2N3O3Si/c1-7-35-27(34)22-23(25(28(2,3)4)36-37(5)6)32-33-24(17-12-14-18(29)15-13-17)20(16-31-26(22)33)19-10-8-9-11-21(19)30/h8-16,25,37H,7H2,1-6H3. The summed E-state index contributed by atoms with van der Waals surface area (Å²) in [5, 5.41) is 6.22. The van der Waals surface area contributed by atoms with Crippen LogP contribution in [0.2, 0.25) is 23.1 Å². The number of hydrogen-bond acceptors (Lipinski definition) is 5. The zero-order valence-electron chi connectivity index (χ0n) is 21.9. The Labute approximate surface area is 229 Å². The molecule has 1 unspecified atom stereocenters. The number of benzene rings is 2. The lowest BCUT2D eigenvalue weighted by molar-refractivity contribution is 0.0504. The maximum absolute atomic E-state index is 13.4. The van der Waals surface area contributed by atoms with Gasteiger partial charge in [-0.1, -0.05) is 74.3 Å². The van der Waals surface area contributed by atoms with Crippen LogP contribution in [0.4, 0.5) is 0 Å². The summed E-state index contributed by atoms with van der Waals surface area (Å²) in [6, 6.07) is 15.1. The Kier molecular flexibility index (Phi) is 8.09. The van der Waals surface area contributed by atoms with Gasteiger partial charge in [-0.05, 0) is 43.6 Å². The summed E-state index contributed by atoms with van der Waals surface area (Å²) in [5.41, 5.74) is 4.07. The Morgan fingerprint density at radius 3 is 2.32 bits per heavy atom. The molecule has 0 N–H and O–H groups in total. The van der Waals surface area contributed by atoms with E-state index in [0.29, 0.717) is 26.9 Å². The third kappa shape index (κ3) is 5.60. The first-order valence-corrected chi connectivity index (χ1v) is 15.8. The Bertz CT molecular complexity index is 1430. The van der Waals surface area contributed by atoms with Crippen LogP contribution < -0.4 is 0 Å². The van der Waals surface area contributed by atoms with Crippen molar-refractivity contribution < 1.29 is 14.0 Å². The molecule has 0 amide bonds. The number of rotatable bonds is 7. The zero-order valence-corrected chi connectivity index (χ0v) is 24.5. The molecule has 0 aliphatic heterocycles. The third-order valence-electron chi connectivity index (χ3n) is 5.88. The fraction of sp³-hybridized carbons (Fsp3) is 0.321. The van der Waals surface area contributed by atoms with E-state index in [0.717, 1.165) is 22.4 Å². The molecule has 194 valence electrons. The fourth-order valence-electron chi connectivity index (χ4n) is 4.30. The normalized spacial score (nSPS) is 12.8. The van der Waals surface area contributed by atoms with Gasteiger partial charge in [0.2, 0.25) is 0 Å². The molecule has 0 bridgehead atoms. The van der Waals surface area contributed by atoms with Gasteiger partial charge in [0.15, 0.2) is 14.7 Å². The number of aromatic nitrogens is 3.